The number of carbonyl (C=O) groups is 2. The molecule has 1 amide bonds. The molecule has 0 spiro atoms. The summed E-state index contributed by atoms with van der Waals surface area (Å²) < 4.78 is 1.45. The first-order chi connectivity index (χ1) is 8.97. The molecule has 0 aliphatic rings. The zero-order chi connectivity index (χ0) is 14.0. The summed E-state index contributed by atoms with van der Waals surface area (Å²) in [5.41, 5.74) is 0.971. The molecule has 0 aliphatic carbocycles. The summed E-state index contributed by atoms with van der Waals surface area (Å²) in [7, 11) is 1.66. The SMILES string of the molecule is Cc1cc(C(=O)Nc2cccc(C(=O)O)n2)n(C)n1. The van der Waals surface area contributed by atoms with Crippen LogP contribution in [0.3, 0.4) is 0 Å². The van der Waals surface area contributed by atoms with Gasteiger partial charge in [0.15, 0.2) is 5.69 Å². The summed E-state index contributed by atoms with van der Waals surface area (Å²) in [6.45, 7) is 1.78. The molecule has 0 unspecified atom stereocenters. The number of carbonyl (C=O) groups excluding carboxylic acids is 1. The van der Waals surface area contributed by atoms with Crippen LogP contribution in [0, 0.1) is 6.92 Å². The first kappa shape index (κ1) is 12.7. The van der Waals surface area contributed by atoms with Crippen LogP contribution >= 0.6 is 0 Å². The van der Waals surface area contributed by atoms with Gasteiger partial charge >= 0.3 is 5.97 Å². The molecule has 2 aromatic rings. The lowest BCUT2D eigenvalue weighted by atomic mass is 10.3. The maximum atomic E-state index is 12.0. The van der Waals surface area contributed by atoms with Crippen LogP contribution in [0.2, 0.25) is 0 Å². The fraction of sp³-hybridized carbons (Fsp3) is 0.167. The Morgan fingerprint density at radius 3 is 2.68 bits per heavy atom. The summed E-state index contributed by atoms with van der Waals surface area (Å²) in [4.78, 5) is 26.6. The molecule has 0 aliphatic heterocycles. The number of aromatic carboxylic acids is 1. The zero-order valence-electron chi connectivity index (χ0n) is 10.4. The van der Waals surface area contributed by atoms with E-state index in [2.05, 4.69) is 15.4 Å². The van der Waals surface area contributed by atoms with Gasteiger partial charge in [0.2, 0.25) is 0 Å². The molecule has 98 valence electrons. The zero-order valence-corrected chi connectivity index (χ0v) is 10.4. The fourth-order valence-electron chi connectivity index (χ4n) is 1.63. The molecule has 0 atom stereocenters. The van der Waals surface area contributed by atoms with Gasteiger partial charge in [-0.3, -0.25) is 9.48 Å². The van der Waals surface area contributed by atoms with E-state index in [1.54, 1.807) is 20.0 Å². The number of hydrogen-bond donors (Lipinski definition) is 2. The lowest BCUT2D eigenvalue weighted by molar-refractivity contribution is 0.0690. The Bertz CT molecular complexity index is 648. The molecule has 7 nitrogen and oxygen atoms in total. The molecule has 0 aromatic carbocycles. The standard InChI is InChI=1S/C12H12N4O3/c1-7-6-9(16(2)15-7)11(17)14-10-5-3-4-8(13-10)12(18)19/h3-6H,1-2H3,(H,18,19)(H,13,14,17). The predicted molar refractivity (Wildman–Crippen MR) is 67.1 cm³/mol. The van der Waals surface area contributed by atoms with Gasteiger partial charge in [0.05, 0.1) is 5.69 Å². The highest BCUT2D eigenvalue weighted by Gasteiger charge is 2.13. The molecule has 19 heavy (non-hydrogen) atoms. The van der Waals surface area contributed by atoms with Crippen LogP contribution in [-0.4, -0.2) is 31.7 Å². The number of carboxylic acids is 1. The average Bonchev–Trinajstić information content (AvgIpc) is 2.69. The molecule has 0 fully saturated rings. The minimum atomic E-state index is -1.15. The summed E-state index contributed by atoms with van der Waals surface area (Å²) in [5, 5.41) is 15.4. The van der Waals surface area contributed by atoms with E-state index in [0.717, 1.165) is 5.69 Å². The second-order valence-electron chi connectivity index (χ2n) is 3.96. The van der Waals surface area contributed by atoms with E-state index in [9.17, 15) is 9.59 Å². The number of aromatic nitrogens is 3. The number of amides is 1. The van der Waals surface area contributed by atoms with E-state index in [0.29, 0.717) is 5.69 Å². The predicted octanol–water partition coefficient (Wildman–Crippen LogP) is 1.07. The third-order valence-electron chi connectivity index (χ3n) is 2.44. The molecule has 2 N–H and O–H groups in total. The Hall–Kier alpha value is -2.70. The fourth-order valence-corrected chi connectivity index (χ4v) is 1.63. The summed E-state index contributed by atoms with van der Waals surface area (Å²) in [6, 6.07) is 6.02. The summed E-state index contributed by atoms with van der Waals surface area (Å²) >= 11 is 0. The summed E-state index contributed by atoms with van der Waals surface area (Å²) in [6.07, 6.45) is 0. The van der Waals surface area contributed by atoms with Gasteiger partial charge in [-0.15, -0.1) is 0 Å². The van der Waals surface area contributed by atoms with Crippen LogP contribution in [0.4, 0.5) is 5.82 Å². The third-order valence-corrected chi connectivity index (χ3v) is 2.44. The average molecular weight is 260 g/mol. The maximum absolute atomic E-state index is 12.0. The Balaban J connectivity index is 2.21. The van der Waals surface area contributed by atoms with Crippen molar-refractivity contribution < 1.29 is 14.7 Å². The lowest BCUT2D eigenvalue weighted by Crippen LogP contribution is -2.17. The number of nitrogens with one attached hydrogen (secondary N) is 1. The molecule has 2 aromatic heterocycles. The van der Waals surface area contributed by atoms with E-state index < -0.39 is 11.9 Å². The number of hydrogen-bond acceptors (Lipinski definition) is 4. The second kappa shape index (κ2) is 4.89. The highest BCUT2D eigenvalue weighted by Crippen LogP contribution is 2.08. The van der Waals surface area contributed by atoms with Crippen molar-refractivity contribution in [1.29, 1.82) is 0 Å². The minimum Gasteiger partial charge on any atom is -0.477 e. The van der Waals surface area contributed by atoms with Crippen molar-refractivity contribution in [2.45, 2.75) is 6.92 Å². The van der Waals surface area contributed by atoms with Crippen LogP contribution in [0.25, 0.3) is 0 Å². The number of pyridine rings is 1. The Kier molecular flexibility index (Phi) is 3.28. The highest BCUT2D eigenvalue weighted by molar-refractivity contribution is 6.02. The van der Waals surface area contributed by atoms with Gasteiger partial charge in [-0.2, -0.15) is 5.10 Å². The molecule has 2 rings (SSSR count). The normalized spacial score (nSPS) is 10.2. The van der Waals surface area contributed by atoms with E-state index in [-0.39, 0.29) is 11.5 Å². The Morgan fingerprint density at radius 2 is 2.11 bits per heavy atom. The molecule has 0 bridgehead atoms. The first-order valence-electron chi connectivity index (χ1n) is 5.49. The molecule has 7 heteroatoms. The largest absolute Gasteiger partial charge is 0.477 e. The first-order valence-corrected chi connectivity index (χ1v) is 5.49. The van der Waals surface area contributed by atoms with Crippen molar-refractivity contribution in [3.63, 3.8) is 0 Å². The van der Waals surface area contributed by atoms with Crippen molar-refractivity contribution in [3.05, 3.63) is 41.3 Å². The molecule has 2 heterocycles. The quantitative estimate of drug-likeness (QED) is 0.860. The van der Waals surface area contributed by atoms with Gasteiger partial charge < -0.3 is 10.4 Å². The number of rotatable bonds is 3. The lowest BCUT2D eigenvalue weighted by Gasteiger charge is -2.05. The topological polar surface area (TPSA) is 97.1 Å². The van der Waals surface area contributed by atoms with Gasteiger partial charge in [0.1, 0.15) is 11.5 Å². The van der Waals surface area contributed by atoms with Gasteiger partial charge in [0, 0.05) is 7.05 Å². The third kappa shape index (κ3) is 2.76. The van der Waals surface area contributed by atoms with Crippen LogP contribution < -0.4 is 5.32 Å². The van der Waals surface area contributed by atoms with E-state index in [4.69, 9.17) is 5.11 Å². The Labute approximate surface area is 108 Å². The van der Waals surface area contributed by atoms with Crippen molar-refractivity contribution in [2.24, 2.45) is 7.05 Å². The van der Waals surface area contributed by atoms with Crippen molar-refractivity contribution in [3.8, 4) is 0 Å². The van der Waals surface area contributed by atoms with Crippen molar-refractivity contribution in [2.75, 3.05) is 5.32 Å². The number of anilines is 1. The second-order valence-corrected chi connectivity index (χ2v) is 3.96. The summed E-state index contributed by atoms with van der Waals surface area (Å²) in [5.74, 6) is -1.35. The number of carboxylic acid groups (broad SMARTS) is 1. The molecule has 0 saturated heterocycles. The van der Waals surface area contributed by atoms with Crippen LogP contribution in [0.1, 0.15) is 26.7 Å². The molecular formula is C12H12N4O3. The maximum Gasteiger partial charge on any atom is 0.354 e. The van der Waals surface area contributed by atoms with E-state index in [1.165, 1.54) is 22.9 Å². The number of nitrogens with zero attached hydrogens (tertiary/aromatic N) is 3. The molecule has 0 saturated carbocycles. The van der Waals surface area contributed by atoms with Crippen LogP contribution in [-0.2, 0) is 7.05 Å². The molecule has 0 radical (unpaired) electrons. The van der Waals surface area contributed by atoms with Gasteiger partial charge in [0.25, 0.3) is 5.91 Å². The van der Waals surface area contributed by atoms with E-state index in [1.807, 2.05) is 0 Å². The van der Waals surface area contributed by atoms with E-state index >= 15 is 0 Å². The van der Waals surface area contributed by atoms with Gasteiger partial charge in [-0.05, 0) is 25.1 Å². The molecular weight excluding hydrogens is 248 g/mol. The number of aryl methyl sites for hydroxylation is 2. The smallest absolute Gasteiger partial charge is 0.354 e. The highest BCUT2D eigenvalue weighted by atomic mass is 16.4. The van der Waals surface area contributed by atoms with Gasteiger partial charge in [-0.1, -0.05) is 6.07 Å². The monoisotopic (exact) mass is 260 g/mol. The van der Waals surface area contributed by atoms with Crippen LogP contribution in [0.5, 0.6) is 0 Å². The van der Waals surface area contributed by atoms with Crippen LogP contribution in [0.15, 0.2) is 24.3 Å². The minimum absolute atomic E-state index is 0.126. The van der Waals surface area contributed by atoms with Crippen molar-refractivity contribution in [1.82, 2.24) is 14.8 Å². The van der Waals surface area contributed by atoms with Crippen molar-refractivity contribution >= 4 is 17.7 Å². The Morgan fingerprint density at radius 1 is 1.37 bits per heavy atom. The van der Waals surface area contributed by atoms with Gasteiger partial charge in [-0.25, -0.2) is 9.78 Å².